The fourth-order valence-corrected chi connectivity index (χ4v) is 2.87. The molecule has 0 unspecified atom stereocenters. The van der Waals surface area contributed by atoms with Crippen molar-refractivity contribution < 1.29 is 14.3 Å². The van der Waals surface area contributed by atoms with E-state index in [4.69, 9.17) is 28.6 Å². The minimum Gasteiger partial charge on any atom is -0.490 e. The number of halogens is 1. The van der Waals surface area contributed by atoms with Crippen molar-refractivity contribution in [2.45, 2.75) is 0 Å². The van der Waals surface area contributed by atoms with Crippen molar-refractivity contribution in [2.24, 2.45) is 0 Å². The molecule has 7 heteroatoms. The summed E-state index contributed by atoms with van der Waals surface area (Å²) in [5.41, 5.74) is 1.19. The van der Waals surface area contributed by atoms with Crippen LogP contribution in [0.4, 0.5) is 5.69 Å². The first-order chi connectivity index (χ1) is 13.0. The van der Waals surface area contributed by atoms with Gasteiger partial charge < -0.3 is 4.74 Å². The van der Waals surface area contributed by atoms with Gasteiger partial charge in [0.25, 0.3) is 11.8 Å². The predicted octanol–water partition coefficient (Wildman–Crippen LogP) is 3.74. The molecule has 0 aliphatic carbocycles. The van der Waals surface area contributed by atoms with E-state index in [-0.39, 0.29) is 10.7 Å². The molecule has 1 heterocycles. The van der Waals surface area contributed by atoms with E-state index >= 15 is 0 Å². The summed E-state index contributed by atoms with van der Waals surface area (Å²) >= 11 is 11.1. The highest BCUT2D eigenvalue weighted by atomic mass is 35.5. The van der Waals surface area contributed by atoms with Crippen LogP contribution in [-0.4, -0.2) is 23.5 Å². The first-order valence-electron chi connectivity index (χ1n) is 8.00. The van der Waals surface area contributed by atoms with Crippen molar-refractivity contribution in [2.75, 3.05) is 11.5 Å². The van der Waals surface area contributed by atoms with Gasteiger partial charge in [0.15, 0.2) is 5.11 Å². The molecule has 0 radical (unpaired) electrons. The normalized spacial score (nSPS) is 15.7. The highest BCUT2D eigenvalue weighted by molar-refractivity contribution is 7.80. The molecule has 1 aliphatic heterocycles. The lowest BCUT2D eigenvalue weighted by Crippen LogP contribution is -2.54. The van der Waals surface area contributed by atoms with Crippen LogP contribution in [0.2, 0.25) is 5.02 Å². The van der Waals surface area contributed by atoms with Crippen LogP contribution in [0, 0.1) is 0 Å². The third kappa shape index (κ3) is 4.24. The molecular formula is C20H15ClN2O3S. The van der Waals surface area contributed by atoms with Crippen LogP contribution >= 0.6 is 23.8 Å². The van der Waals surface area contributed by atoms with E-state index in [1.54, 1.807) is 54.6 Å². The minimum absolute atomic E-state index is 0.0155. The largest absolute Gasteiger partial charge is 0.490 e. The number of benzene rings is 2. The van der Waals surface area contributed by atoms with Crippen LogP contribution < -0.4 is 15.0 Å². The van der Waals surface area contributed by atoms with Gasteiger partial charge in [-0.3, -0.25) is 19.8 Å². The van der Waals surface area contributed by atoms with Gasteiger partial charge in [-0.2, -0.15) is 0 Å². The van der Waals surface area contributed by atoms with Crippen molar-refractivity contribution in [3.63, 3.8) is 0 Å². The number of anilines is 1. The summed E-state index contributed by atoms with van der Waals surface area (Å²) in [6.45, 7) is 3.99. The molecule has 2 aromatic rings. The number of nitrogens with zero attached hydrogens (tertiary/aromatic N) is 1. The van der Waals surface area contributed by atoms with Gasteiger partial charge in [-0.05, 0) is 60.3 Å². The molecule has 1 fully saturated rings. The van der Waals surface area contributed by atoms with E-state index < -0.39 is 11.8 Å². The van der Waals surface area contributed by atoms with Crippen LogP contribution in [0.15, 0.2) is 66.8 Å². The van der Waals surface area contributed by atoms with Crippen LogP contribution in [-0.2, 0) is 9.59 Å². The lowest BCUT2D eigenvalue weighted by Gasteiger charge is -2.28. The van der Waals surface area contributed by atoms with Gasteiger partial charge >= 0.3 is 0 Å². The van der Waals surface area contributed by atoms with Crippen LogP contribution in [0.25, 0.3) is 6.08 Å². The molecule has 1 aliphatic rings. The monoisotopic (exact) mass is 398 g/mol. The lowest BCUT2D eigenvalue weighted by molar-refractivity contribution is -0.122. The molecule has 0 atom stereocenters. The number of carbonyl (C=O) groups excluding carboxylic acids is 2. The number of amides is 2. The fraction of sp³-hybridized carbons (Fsp3) is 0.0500. The van der Waals surface area contributed by atoms with Crippen molar-refractivity contribution >= 4 is 52.5 Å². The summed E-state index contributed by atoms with van der Waals surface area (Å²) in [6, 6.07) is 13.6. The molecule has 5 nitrogen and oxygen atoms in total. The minimum atomic E-state index is -0.540. The van der Waals surface area contributed by atoms with Crippen molar-refractivity contribution in [1.29, 1.82) is 0 Å². The molecule has 27 heavy (non-hydrogen) atoms. The molecule has 2 amide bonds. The van der Waals surface area contributed by atoms with Gasteiger partial charge in [0.2, 0.25) is 0 Å². The Morgan fingerprint density at radius 1 is 1.11 bits per heavy atom. The second kappa shape index (κ2) is 8.16. The molecule has 0 bridgehead atoms. The van der Waals surface area contributed by atoms with Crippen LogP contribution in [0.1, 0.15) is 5.56 Å². The third-order valence-electron chi connectivity index (χ3n) is 3.75. The van der Waals surface area contributed by atoms with Gasteiger partial charge in [-0.25, -0.2) is 0 Å². The van der Waals surface area contributed by atoms with E-state index in [2.05, 4.69) is 11.9 Å². The molecule has 0 saturated carbocycles. The molecular weight excluding hydrogens is 384 g/mol. The van der Waals surface area contributed by atoms with E-state index in [0.717, 1.165) is 0 Å². The maximum Gasteiger partial charge on any atom is 0.270 e. The van der Waals surface area contributed by atoms with Gasteiger partial charge in [-0.1, -0.05) is 36.4 Å². The van der Waals surface area contributed by atoms with Crippen molar-refractivity contribution in [1.82, 2.24) is 5.32 Å². The molecule has 1 saturated heterocycles. The van der Waals surface area contributed by atoms with Gasteiger partial charge in [0.1, 0.15) is 17.9 Å². The number of hydrogen-bond acceptors (Lipinski definition) is 4. The Hall–Kier alpha value is -2.96. The Balaban J connectivity index is 1.89. The Morgan fingerprint density at radius 2 is 1.78 bits per heavy atom. The average molecular weight is 399 g/mol. The summed E-state index contributed by atoms with van der Waals surface area (Å²) in [6.07, 6.45) is 3.16. The van der Waals surface area contributed by atoms with E-state index in [1.165, 1.54) is 11.0 Å². The maximum absolute atomic E-state index is 12.9. The van der Waals surface area contributed by atoms with Crippen LogP contribution in [0.3, 0.4) is 0 Å². The van der Waals surface area contributed by atoms with E-state index in [9.17, 15) is 9.59 Å². The fourth-order valence-electron chi connectivity index (χ4n) is 2.46. The summed E-state index contributed by atoms with van der Waals surface area (Å²) in [5.74, 6) is -0.374. The smallest absolute Gasteiger partial charge is 0.270 e. The van der Waals surface area contributed by atoms with Crippen LogP contribution in [0.5, 0.6) is 5.75 Å². The maximum atomic E-state index is 12.9. The Kier molecular flexibility index (Phi) is 5.69. The van der Waals surface area contributed by atoms with Gasteiger partial charge in [0.05, 0.1) is 5.69 Å². The molecule has 2 aromatic carbocycles. The molecule has 1 N–H and O–H groups in total. The number of thiocarbonyl (C=S) groups is 1. The third-order valence-corrected chi connectivity index (χ3v) is 4.28. The first-order valence-corrected chi connectivity index (χ1v) is 8.79. The van der Waals surface area contributed by atoms with Gasteiger partial charge in [-0.15, -0.1) is 0 Å². The zero-order chi connectivity index (χ0) is 19.4. The number of rotatable bonds is 5. The quantitative estimate of drug-likeness (QED) is 0.361. The second-order valence-electron chi connectivity index (χ2n) is 5.60. The number of carbonyl (C=O) groups is 2. The summed E-state index contributed by atoms with van der Waals surface area (Å²) < 4.78 is 5.42. The zero-order valence-corrected chi connectivity index (χ0v) is 15.7. The highest BCUT2D eigenvalue weighted by Crippen LogP contribution is 2.24. The zero-order valence-electron chi connectivity index (χ0n) is 14.1. The molecule has 136 valence electrons. The SMILES string of the molecule is C=CCOc1ccc(C=C2C(=O)NC(=S)N(c3ccc(Cl)cc3)C2=O)cc1. The Bertz CT molecular complexity index is 937. The topological polar surface area (TPSA) is 58.6 Å². The summed E-state index contributed by atoms with van der Waals surface area (Å²) in [4.78, 5) is 26.4. The highest BCUT2D eigenvalue weighted by Gasteiger charge is 2.34. The summed E-state index contributed by atoms with van der Waals surface area (Å²) in [5, 5.41) is 3.10. The van der Waals surface area contributed by atoms with E-state index in [1.807, 2.05) is 0 Å². The Morgan fingerprint density at radius 3 is 2.41 bits per heavy atom. The predicted molar refractivity (Wildman–Crippen MR) is 110 cm³/mol. The Labute approximate surface area is 166 Å². The number of ether oxygens (including phenoxy) is 1. The number of nitrogens with one attached hydrogen (secondary N) is 1. The lowest BCUT2D eigenvalue weighted by atomic mass is 10.1. The first kappa shape index (κ1) is 18.8. The molecule has 3 rings (SSSR count). The van der Waals surface area contributed by atoms with Gasteiger partial charge in [0, 0.05) is 5.02 Å². The average Bonchev–Trinajstić information content (AvgIpc) is 2.66. The molecule has 0 aromatic heterocycles. The molecule has 0 spiro atoms. The standard InChI is InChI=1S/C20H15ClN2O3S/c1-2-11-26-16-9-3-13(4-10-16)12-17-18(24)22-20(27)23(19(17)25)15-7-5-14(21)6-8-15/h2-10,12H,1,11H2,(H,22,24,27). The number of hydrogen-bond donors (Lipinski definition) is 1. The van der Waals surface area contributed by atoms with E-state index in [0.29, 0.717) is 28.6 Å². The van der Waals surface area contributed by atoms with Crippen molar-refractivity contribution in [3.8, 4) is 5.75 Å². The second-order valence-corrected chi connectivity index (χ2v) is 6.43. The van der Waals surface area contributed by atoms with Crippen molar-refractivity contribution in [3.05, 3.63) is 77.3 Å². The summed E-state index contributed by atoms with van der Waals surface area (Å²) in [7, 11) is 0.